The largest absolute Gasteiger partial charge is 0.330 e. The van der Waals surface area contributed by atoms with Crippen LogP contribution >= 0.6 is 0 Å². The van der Waals surface area contributed by atoms with E-state index in [9.17, 15) is 0 Å². The summed E-state index contributed by atoms with van der Waals surface area (Å²) in [7, 11) is 0. The maximum atomic E-state index is 5.92. The third-order valence-electron chi connectivity index (χ3n) is 1.98. The second-order valence-electron chi connectivity index (χ2n) is 4.10. The van der Waals surface area contributed by atoms with Crippen LogP contribution in [0.2, 0.25) is 0 Å². The molecule has 0 saturated heterocycles. The Morgan fingerprint density at radius 3 is 1.80 bits per heavy atom. The minimum atomic E-state index is 0.179. The lowest BCUT2D eigenvalue weighted by Gasteiger charge is -2.31. The van der Waals surface area contributed by atoms with E-state index in [4.69, 9.17) is 11.5 Å². The fraction of sp³-hybridized carbons (Fsp3) is 1.00. The Balaban J connectivity index is 3.94. The van der Waals surface area contributed by atoms with Gasteiger partial charge in [0.1, 0.15) is 0 Å². The molecule has 2 atom stereocenters. The van der Waals surface area contributed by atoms with Crippen molar-refractivity contribution in [3.8, 4) is 0 Å². The Bertz CT molecular complexity index is 93.9. The first-order valence-corrected chi connectivity index (χ1v) is 3.85. The average Bonchev–Trinajstić information content (AvgIpc) is 1.83. The van der Waals surface area contributed by atoms with E-state index in [0.717, 1.165) is 0 Å². The van der Waals surface area contributed by atoms with Crippen LogP contribution in [-0.2, 0) is 0 Å². The molecule has 0 aromatic rings. The second-order valence-corrected chi connectivity index (χ2v) is 4.10. The molecule has 2 nitrogen and oxygen atoms in total. The molecule has 0 radical (unpaired) electrons. The van der Waals surface area contributed by atoms with Crippen LogP contribution in [0.25, 0.3) is 0 Å². The van der Waals surface area contributed by atoms with Crippen LogP contribution in [-0.4, -0.2) is 12.6 Å². The van der Waals surface area contributed by atoms with E-state index < -0.39 is 0 Å². The fourth-order valence-corrected chi connectivity index (χ4v) is 1.00. The van der Waals surface area contributed by atoms with E-state index in [-0.39, 0.29) is 11.5 Å². The van der Waals surface area contributed by atoms with Gasteiger partial charge in [0.15, 0.2) is 0 Å². The fourth-order valence-electron chi connectivity index (χ4n) is 1.00. The molecule has 4 N–H and O–H groups in total. The summed E-state index contributed by atoms with van der Waals surface area (Å²) in [5.74, 6) is 0.417. The molecule has 0 saturated carbocycles. The summed E-state index contributed by atoms with van der Waals surface area (Å²) >= 11 is 0. The van der Waals surface area contributed by atoms with Gasteiger partial charge in [0.2, 0.25) is 0 Å². The van der Waals surface area contributed by atoms with Gasteiger partial charge in [-0.3, -0.25) is 0 Å². The summed E-state index contributed by atoms with van der Waals surface area (Å²) in [6, 6.07) is 0.206. The monoisotopic (exact) mass is 144 g/mol. The number of rotatable bonds is 2. The SMILES string of the molecule is CC(CN)C(N)C(C)(C)C. The molecule has 0 aromatic heterocycles. The Morgan fingerprint density at radius 2 is 1.70 bits per heavy atom. The van der Waals surface area contributed by atoms with Crippen molar-refractivity contribution in [3.63, 3.8) is 0 Å². The van der Waals surface area contributed by atoms with Crippen LogP contribution in [0.15, 0.2) is 0 Å². The Kier molecular flexibility index (Phi) is 3.33. The molecule has 0 aliphatic heterocycles. The topological polar surface area (TPSA) is 52.0 Å². The molecular formula is C8H20N2. The highest BCUT2D eigenvalue weighted by Crippen LogP contribution is 2.22. The van der Waals surface area contributed by atoms with Crippen molar-refractivity contribution in [2.24, 2.45) is 22.8 Å². The van der Waals surface area contributed by atoms with Gasteiger partial charge in [-0.15, -0.1) is 0 Å². The molecule has 2 unspecified atom stereocenters. The zero-order chi connectivity index (χ0) is 8.36. The summed E-state index contributed by atoms with van der Waals surface area (Å²) < 4.78 is 0. The van der Waals surface area contributed by atoms with Crippen molar-refractivity contribution >= 4 is 0 Å². The second kappa shape index (κ2) is 3.35. The highest BCUT2D eigenvalue weighted by Gasteiger charge is 2.24. The first-order chi connectivity index (χ1) is 4.39. The maximum absolute atomic E-state index is 5.92. The van der Waals surface area contributed by atoms with Crippen LogP contribution in [0.5, 0.6) is 0 Å². The lowest BCUT2D eigenvalue weighted by atomic mass is 9.80. The zero-order valence-electron chi connectivity index (χ0n) is 7.52. The predicted molar refractivity (Wildman–Crippen MR) is 45.6 cm³/mol. The standard InChI is InChI=1S/C8H20N2/c1-6(5-9)7(10)8(2,3)4/h6-7H,5,9-10H2,1-4H3. The van der Waals surface area contributed by atoms with Crippen LogP contribution in [0, 0.1) is 11.3 Å². The normalized spacial score (nSPS) is 18.6. The molecule has 0 bridgehead atoms. The highest BCUT2D eigenvalue weighted by molar-refractivity contribution is 4.81. The summed E-state index contributed by atoms with van der Waals surface area (Å²) in [5.41, 5.74) is 11.6. The lowest BCUT2D eigenvalue weighted by Crippen LogP contribution is -2.43. The van der Waals surface area contributed by atoms with Crippen LogP contribution in [0.1, 0.15) is 27.7 Å². The lowest BCUT2D eigenvalue weighted by molar-refractivity contribution is 0.252. The van der Waals surface area contributed by atoms with Crippen molar-refractivity contribution in [2.75, 3.05) is 6.54 Å². The Morgan fingerprint density at radius 1 is 1.30 bits per heavy atom. The quantitative estimate of drug-likeness (QED) is 0.606. The van der Waals surface area contributed by atoms with Gasteiger partial charge in [-0.25, -0.2) is 0 Å². The van der Waals surface area contributed by atoms with E-state index in [1.165, 1.54) is 0 Å². The molecule has 10 heavy (non-hydrogen) atoms. The molecule has 0 aromatic carbocycles. The molecular weight excluding hydrogens is 124 g/mol. The maximum Gasteiger partial charge on any atom is 0.0125 e. The predicted octanol–water partition coefficient (Wildman–Crippen LogP) is 0.955. The zero-order valence-corrected chi connectivity index (χ0v) is 7.52. The van der Waals surface area contributed by atoms with Crippen LogP contribution < -0.4 is 11.5 Å². The molecule has 0 fully saturated rings. The molecule has 0 heterocycles. The van der Waals surface area contributed by atoms with Crippen molar-refractivity contribution in [1.29, 1.82) is 0 Å². The first-order valence-electron chi connectivity index (χ1n) is 3.85. The summed E-state index contributed by atoms with van der Waals surface area (Å²) in [5, 5.41) is 0. The number of nitrogens with two attached hydrogens (primary N) is 2. The van der Waals surface area contributed by atoms with Crippen molar-refractivity contribution in [2.45, 2.75) is 33.7 Å². The smallest absolute Gasteiger partial charge is 0.0125 e. The summed E-state index contributed by atoms with van der Waals surface area (Å²) in [4.78, 5) is 0. The first kappa shape index (κ1) is 9.92. The summed E-state index contributed by atoms with van der Waals surface area (Å²) in [6.45, 7) is 9.20. The van der Waals surface area contributed by atoms with Gasteiger partial charge in [-0.1, -0.05) is 27.7 Å². The number of hydrogen-bond acceptors (Lipinski definition) is 2. The molecule has 0 aliphatic rings. The number of hydrogen-bond donors (Lipinski definition) is 2. The Hall–Kier alpha value is -0.0800. The highest BCUT2D eigenvalue weighted by atomic mass is 14.7. The molecule has 2 heteroatoms. The minimum absolute atomic E-state index is 0.179. The average molecular weight is 144 g/mol. The van der Waals surface area contributed by atoms with Gasteiger partial charge in [-0.05, 0) is 17.9 Å². The van der Waals surface area contributed by atoms with Gasteiger partial charge < -0.3 is 11.5 Å². The van der Waals surface area contributed by atoms with Crippen molar-refractivity contribution in [3.05, 3.63) is 0 Å². The van der Waals surface area contributed by atoms with Gasteiger partial charge in [0.25, 0.3) is 0 Å². The van der Waals surface area contributed by atoms with Crippen molar-refractivity contribution < 1.29 is 0 Å². The van der Waals surface area contributed by atoms with E-state index in [0.29, 0.717) is 12.5 Å². The van der Waals surface area contributed by atoms with Crippen molar-refractivity contribution in [1.82, 2.24) is 0 Å². The molecule has 0 amide bonds. The molecule has 0 spiro atoms. The van der Waals surface area contributed by atoms with E-state index >= 15 is 0 Å². The third-order valence-corrected chi connectivity index (χ3v) is 1.98. The van der Waals surface area contributed by atoms with Crippen LogP contribution in [0.3, 0.4) is 0 Å². The molecule has 62 valence electrons. The van der Waals surface area contributed by atoms with Crippen LogP contribution in [0.4, 0.5) is 0 Å². The van der Waals surface area contributed by atoms with Gasteiger partial charge in [-0.2, -0.15) is 0 Å². The molecule has 0 rings (SSSR count). The third kappa shape index (κ3) is 2.67. The minimum Gasteiger partial charge on any atom is -0.330 e. The van der Waals surface area contributed by atoms with E-state index in [1.54, 1.807) is 0 Å². The van der Waals surface area contributed by atoms with E-state index in [2.05, 4.69) is 27.7 Å². The summed E-state index contributed by atoms with van der Waals surface area (Å²) in [6.07, 6.45) is 0. The Labute approximate surface area is 64.0 Å². The molecule has 0 aliphatic carbocycles. The van der Waals surface area contributed by atoms with E-state index in [1.807, 2.05) is 0 Å². The van der Waals surface area contributed by atoms with Gasteiger partial charge in [0.05, 0.1) is 0 Å². The van der Waals surface area contributed by atoms with Gasteiger partial charge in [0, 0.05) is 6.04 Å². The van der Waals surface area contributed by atoms with Gasteiger partial charge >= 0.3 is 0 Å².